The Labute approximate surface area is 124 Å². The molecule has 0 radical (unpaired) electrons. The molecule has 1 aromatic rings. The molecule has 0 saturated carbocycles. The normalized spacial score (nSPS) is 12.9. The van der Waals surface area contributed by atoms with Crippen LogP contribution < -0.4 is 10.0 Å². The zero-order valence-corrected chi connectivity index (χ0v) is 13.1. The van der Waals surface area contributed by atoms with Gasteiger partial charge in [0, 0.05) is 11.6 Å². The average molecular weight is 319 g/mol. The lowest BCUT2D eigenvalue weighted by molar-refractivity contribution is -0.122. The molecule has 0 spiro atoms. The Balaban J connectivity index is 2.66. The van der Waals surface area contributed by atoms with Gasteiger partial charge < -0.3 is 5.32 Å². The molecule has 1 atom stereocenters. The van der Waals surface area contributed by atoms with E-state index in [1.807, 2.05) is 6.92 Å². The van der Waals surface area contributed by atoms with Crippen LogP contribution in [0.3, 0.4) is 0 Å². The summed E-state index contributed by atoms with van der Waals surface area (Å²) in [7, 11) is -3.62. The maximum absolute atomic E-state index is 12.0. The minimum atomic E-state index is -3.62. The van der Waals surface area contributed by atoms with E-state index in [2.05, 4.69) is 10.0 Å². The van der Waals surface area contributed by atoms with Crippen molar-refractivity contribution in [2.24, 2.45) is 0 Å². The van der Waals surface area contributed by atoms with Crippen LogP contribution in [-0.4, -0.2) is 26.9 Å². The summed E-state index contributed by atoms with van der Waals surface area (Å²) in [5.41, 5.74) is 0.503. The van der Waals surface area contributed by atoms with E-state index in [0.717, 1.165) is 6.42 Å². The molecular formula is C13H19ClN2O3S. The maximum atomic E-state index is 12.0. The number of carbonyl (C=O) groups excluding carboxylic acids is 1. The van der Waals surface area contributed by atoms with E-state index in [1.165, 1.54) is 6.92 Å². The molecule has 0 aliphatic carbocycles. The number of sulfonamides is 1. The van der Waals surface area contributed by atoms with Crippen LogP contribution >= 0.6 is 11.6 Å². The molecule has 1 aromatic carbocycles. The second kappa shape index (κ2) is 7.61. The SMILES string of the molecule is CCCNC(=O)[C@@H](C)NS(=O)(=O)Cc1ccccc1Cl. The highest BCUT2D eigenvalue weighted by atomic mass is 35.5. The molecule has 0 aromatic heterocycles. The highest BCUT2D eigenvalue weighted by molar-refractivity contribution is 7.88. The van der Waals surface area contributed by atoms with Gasteiger partial charge in [0.25, 0.3) is 0 Å². The van der Waals surface area contributed by atoms with Gasteiger partial charge in [-0.3, -0.25) is 4.79 Å². The van der Waals surface area contributed by atoms with Gasteiger partial charge in [-0.05, 0) is 25.0 Å². The smallest absolute Gasteiger partial charge is 0.237 e. The number of halogens is 1. The molecule has 0 aliphatic rings. The topological polar surface area (TPSA) is 75.3 Å². The summed E-state index contributed by atoms with van der Waals surface area (Å²) >= 11 is 5.93. The number of hydrogen-bond donors (Lipinski definition) is 2. The summed E-state index contributed by atoms with van der Waals surface area (Å²) in [5.74, 6) is -0.590. The zero-order valence-electron chi connectivity index (χ0n) is 11.5. The molecule has 0 fully saturated rings. The first kappa shape index (κ1) is 16.9. The minimum absolute atomic E-state index is 0.252. The van der Waals surface area contributed by atoms with Gasteiger partial charge in [-0.15, -0.1) is 0 Å². The summed E-state index contributed by atoms with van der Waals surface area (Å²) in [6, 6.07) is 5.91. The average Bonchev–Trinajstić information content (AvgIpc) is 2.37. The first-order chi connectivity index (χ1) is 9.35. The molecular weight excluding hydrogens is 300 g/mol. The van der Waals surface area contributed by atoms with Crippen molar-refractivity contribution in [3.05, 3.63) is 34.9 Å². The van der Waals surface area contributed by atoms with E-state index in [1.54, 1.807) is 24.3 Å². The molecule has 20 heavy (non-hydrogen) atoms. The summed E-state index contributed by atoms with van der Waals surface area (Å²) in [6.45, 7) is 3.96. The van der Waals surface area contributed by atoms with Gasteiger partial charge in [0.1, 0.15) is 0 Å². The molecule has 1 amide bonds. The number of hydrogen-bond acceptors (Lipinski definition) is 3. The molecule has 0 saturated heterocycles. The van der Waals surface area contributed by atoms with E-state index in [9.17, 15) is 13.2 Å². The summed E-state index contributed by atoms with van der Waals surface area (Å²) < 4.78 is 26.3. The van der Waals surface area contributed by atoms with Gasteiger partial charge >= 0.3 is 0 Å². The fourth-order valence-electron chi connectivity index (χ4n) is 1.59. The van der Waals surface area contributed by atoms with Gasteiger partial charge in [0.05, 0.1) is 11.8 Å². The third-order valence-corrected chi connectivity index (χ3v) is 4.37. The molecule has 112 valence electrons. The maximum Gasteiger partial charge on any atom is 0.237 e. The van der Waals surface area contributed by atoms with Crippen LogP contribution in [0.1, 0.15) is 25.8 Å². The first-order valence-electron chi connectivity index (χ1n) is 6.37. The number of rotatable bonds is 7. The van der Waals surface area contributed by atoms with E-state index in [0.29, 0.717) is 17.1 Å². The molecule has 1 rings (SSSR count). The van der Waals surface area contributed by atoms with E-state index in [-0.39, 0.29) is 11.7 Å². The van der Waals surface area contributed by atoms with Crippen LogP contribution in [0.5, 0.6) is 0 Å². The number of carbonyl (C=O) groups is 1. The minimum Gasteiger partial charge on any atom is -0.355 e. The van der Waals surface area contributed by atoms with E-state index >= 15 is 0 Å². The van der Waals surface area contributed by atoms with Crippen LogP contribution in [0.2, 0.25) is 5.02 Å². The molecule has 0 heterocycles. The van der Waals surface area contributed by atoms with Crippen molar-refractivity contribution in [3.63, 3.8) is 0 Å². The van der Waals surface area contributed by atoms with E-state index in [4.69, 9.17) is 11.6 Å². The lowest BCUT2D eigenvalue weighted by Gasteiger charge is -2.14. The third-order valence-electron chi connectivity index (χ3n) is 2.60. The Morgan fingerprint density at radius 3 is 2.60 bits per heavy atom. The van der Waals surface area contributed by atoms with Crippen molar-refractivity contribution in [1.82, 2.24) is 10.0 Å². The summed E-state index contributed by atoms with van der Waals surface area (Å²) in [5, 5.41) is 3.03. The van der Waals surface area contributed by atoms with Crippen LogP contribution in [0.4, 0.5) is 0 Å². The summed E-state index contributed by atoms with van der Waals surface area (Å²) in [6.07, 6.45) is 0.796. The molecule has 2 N–H and O–H groups in total. The Morgan fingerprint density at radius 1 is 1.35 bits per heavy atom. The van der Waals surface area contributed by atoms with Crippen LogP contribution in [0.15, 0.2) is 24.3 Å². The molecule has 0 unspecified atom stereocenters. The second-order valence-corrected chi connectivity index (χ2v) is 6.64. The quantitative estimate of drug-likeness (QED) is 0.803. The van der Waals surface area contributed by atoms with Gasteiger partial charge in [-0.1, -0.05) is 36.7 Å². The van der Waals surface area contributed by atoms with Crippen molar-refractivity contribution < 1.29 is 13.2 Å². The molecule has 5 nitrogen and oxygen atoms in total. The number of amides is 1. The van der Waals surface area contributed by atoms with Crippen molar-refractivity contribution in [3.8, 4) is 0 Å². The predicted octanol–water partition coefficient (Wildman–Crippen LogP) is 1.67. The monoisotopic (exact) mass is 318 g/mol. The Kier molecular flexibility index (Phi) is 6.45. The van der Waals surface area contributed by atoms with Crippen molar-refractivity contribution in [2.75, 3.05) is 6.54 Å². The predicted molar refractivity (Wildman–Crippen MR) is 80.0 cm³/mol. The number of nitrogens with one attached hydrogen (secondary N) is 2. The van der Waals surface area contributed by atoms with Crippen molar-refractivity contribution in [2.45, 2.75) is 32.1 Å². The van der Waals surface area contributed by atoms with Crippen LogP contribution in [0.25, 0.3) is 0 Å². The fourth-order valence-corrected chi connectivity index (χ4v) is 3.26. The lowest BCUT2D eigenvalue weighted by atomic mass is 10.2. The molecule has 7 heteroatoms. The van der Waals surface area contributed by atoms with Gasteiger partial charge in [0.15, 0.2) is 0 Å². The Morgan fingerprint density at radius 2 is 2.00 bits per heavy atom. The van der Waals surface area contributed by atoms with Crippen LogP contribution in [0, 0.1) is 0 Å². The van der Waals surface area contributed by atoms with Crippen molar-refractivity contribution in [1.29, 1.82) is 0 Å². The Hall–Kier alpha value is -1.11. The standard InChI is InChI=1S/C13H19ClN2O3S/c1-3-8-15-13(17)10(2)16-20(18,19)9-11-6-4-5-7-12(11)14/h4-7,10,16H,3,8-9H2,1-2H3,(H,15,17)/t10-/m1/s1. The largest absolute Gasteiger partial charge is 0.355 e. The molecule has 0 aliphatic heterocycles. The highest BCUT2D eigenvalue weighted by Gasteiger charge is 2.20. The van der Waals surface area contributed by atoms with Gasteiger partial charge in [0.2, 0.25) is 15.9 Å². The lowest BCUT2D eigenvalue weighted by Crippen LogP contribution is -2.45. The third kappa shape index (κ3) is 5.48. The first-order valence-corrected chi connectivity index (χ1v) is 8.40. The Bertz CT molecular complexity index is 560. The van der Waals surface area contributed by atoms with Gasteiger partial charge in [-0.2, -0.15) is 0 Å². The van der Waals surface area contributed by atoms with E-state index < -0.39 is 16.1 Å². The summed E-state index contributed by atoms with van der Waals surface area (Å²) in [4.78, 5) is 11.6. The van der Waals surface area contributed by atoms with Gasteiger partial charge in [-0.25, -0.2) is 13.1 Å². The highest BCUT2D eigenvalue weighted by Crippen LogP contribution is 2.17. The molecule has 0 bridgehead atoms. The number of benzene rings is 1. The fraction of sp³-hybridized carbons (Fsp3) is 0.462. The van der Waals surface area contributed by atoms with Crippen molar-refractivity contribution >= 4 is 27.5 Å². The van der Waals surface area contributed by atoms with Crippen LogP contribution in [-0.2, 0) is 20.6 Å². The second-order valence-electron chi connectivity index (χ2n) is 4.48. The zero-order chi connectivity index (χ0) is 15.2.